The highest BCUT2D eigenvalue weighted by atomic mass is 32.1. The molecule has 0 bridgehead atoms. The van der Waals surface area contributed by atoms with Crippen LogP contribution in [0.5, 0.6) is 0 Å². The Balaban J connectivity index is 1.57. The number of thiazole rings is 1. The molecule has 2 heterocycles. The molecule has 4 rings (SSSR count). The third-order valence-electron chi connectivity index (χ3n) is 4.48. The highest BCUT2D eigenvalue weighted by Crippen LogP contribution is 2.32. The van der Waals surface area contributed by atoms with E-state index in [0.717, 1.165) is 46.2 Å². The van der Waals surface area contributed by atoms with Crippen LogP contribution in [0.15, 0.2) is 53.9 Å². The molecule has 1 N–H and O–H groups in total. The maximum absolute atomic E-state index is 12.0. The van der Waals surface area contributed by atoms with Gasteiger partial charge in [0.15, 0.2) is 0 Å². The molecule has 0 spiro atoms. The summed E-state index contributed by atoms with van der Waals surface area (Å²) in [7, 11) is 0. The lowest BCUT2D eigenvalue weighted by atomic mass is 10.1. The van der Waals surface area contributed by atoms with Gasteiger partial charge in [0.25, 0.3) is 0 Å². The molecule has 0 atom stereocenters. The molecule has 1 fully saturated rings. The second-order valence-corrected chi connectivity index (χ2v) is 7.35. The molecule has 2 amide bonds. The van der Waals surface area contributed by atoms with E-state index in [2.05, 4.69) is 5.32 Å². The fraction of sp³-hybridized carbons (Fsp3) is 0.190. The highest BCUT2D eigenvalue weighted by molar-refractivity contribution is 7.13. The molecule has 5 nitrogen and oxygen atoms in total. The first-order valence-corrected chi connectivity index (χ1v) is 9.72. The molecular formula is C21H19N3O2S. The Labute approximate surface area is 161 Å². The van der Waals surface area contributed by atoms with Crippen LogP contribution in [0.1, 0.15) is 19.8 Å². The first-order valence-electron chi connectivity index (χ1n) is 8.84. The van der Waals surface area contributed by atoms with Crippen molar-refractivity contribution in [3.63, 3.8) is 0 Å². The number of benzene rings is 2. The van der Waals surface area contributed by atoms with Crippen molar-refractivity contribution in [1.82, 2.24) is 4.98 Å². The van der Waals surface area contributed by atoms with Crippen LogP contribution < -0.4 is 10.2 Å². The molecule has 0 unspecified atom stereocenters. The van der Waals surface area contributed by atoms with E-state index in [4.69, 9.17) is 4.98 Å². The monoisotopic (exact) mass is 377 g/mol. The van der Waals surface area contributed by atoms with E-state index in [-0.39, 0.29) is 11.8 Å². The number of aromatic nitrogens is 1. The van der Waals surface area contributed by atoms with Gasteiger partial charge in [-0.25, -0.2) is 4.98 Å². The van der Waals surface area contributed by atoms with Crippen LogP contribution in [-0.2, 0) is 9.59 Å². The van der Waals surface area contributed by atoms with E-state index >= 15 is 0 Å². The number of rotatable bonds is 4. The number of carbonyl (C=O) groups is 2. The van der Waals surface area contributed by atoms with Gasteiger partial charge in [-0.2, -0.15) is 0 Å². The van der Waals surface area contributed by atoms with Crippen molar-refractivity contribution in [2.24, 2.45) is 0 Å². The molecule has 0 radical (unpaired) electrons. The van der Waals surface area contributed by atoms with E-state index in [9.17, 15) is 9.59 Å². The minimum atomic E-state index is -0.0874. The Bertz CT molecular complexity index is 995. The summed E-state index contributed by atoms with van der Waals surface area (Å²) in [4.78, 5) is 29.7. The molecule has 1 aromatic heterocycles. The van der Waals surface area contributed by atoms with Crippen molar-refractivity contribution in [2.75, 3.05) is 16.8 Å². The van der Waals surface area contributed by atoms with Crippen LogP contribution in [0.3, 0.4) is 0 Å². The van der Waals surface area contributed by atoms with E-state index in [0.29, 0.717) is 6.42 Å². The number of carbonyl (C=O) groups excluding carboxylic acids is 2. The normalized spacial score (nSPS) is 13.8. The largest absolute Gasteiger partial charge is 0.326 e. The van der Waals surface area contributed by atoms with Crippen LogP contribution in [0.4, 0.5) is 11.4 Å². The number of hydrogen-bond acceptors (Lipinski definition) is 4. The van der Waals surface area contributed by atoms with Gasteiger partial charge in [-0.15, -0.1) is 11.3 Å². The minimum Gasteiger partial charge on any atom is -0.326 e. The number of nitrogens with one attached hydrogen (secondary N) is 1. The average Bonchev–Trinajstić information content (AvgIpc) is 3.31. The Kier molecular flexibility index (Phi) is 4.73. The van der Waals surface area contributed by atoms with Crippen molar-refractivity contribution >= 4 is 34.5 Å². The Morgan fingerprint density at radius 1 is 1.15 bits per heavy atom. The van der Waals surface area contributed by atoms with E-state index in [1.165, 1.54) is 6.92 Å². The van der Waals surface area contributed by atoms with E-state index < -0.39 is 0 Å². The molecule has 6 heteroatoms. The number of hydrogen-bond donors (Lipinski definition) is 1. The molecule has 2 aromatic carbocycles. The summed E-state index contributed by atoms with van der Waals surface area (Å²) < 4.78 is 0. The van der Waals surface area contributed by atoms with Gasteiger partial charge in [0.2, 0.25) is 11.8 Å². The topological polar surface area (TPSA) is 62.3 Å². The molecular weight excluding hydrogens is 358 g/mol. The van der Waals surface area contributed by atoms with Crippen LogP contribution in [0, 0.1) is 0 Å². The molecule has 1 aliphatic rings. The first kappa shape index (κ1) is 17.4. The van der Waals surface area contributed by atoms with Gasteiger partial charge < -0.3 is 10.2 Å². The standard InChI is InChI=1S/C21H19N3O2S/c1-14(25)22-17-9-7-15(8-10-17)21-23-19(13-27-21)16-4-2-5-18(12-16)24-11-3-6-20(24)26/h2,4-5,7-10,12-13H,3,6,11H2,1H3,(H,22,25). The first-order chi connectivity index (χ1) is 13.1. The zero-order valence-electron chi connectivity index (χ0n) is 14.9. The van der Waals surface area contributed by atoms with Crippen molar-refractivity contribution < 1.29 is 9.59 Å². The molecule has 1 saturated heterocycles. The average molecular weight is 377 g/mol. The Morgan fingerprint density at radius 2 is 1.96 bits per heavy atom. The van der Waals surface area contributed by atoms with Gasteiger partial charge in [-0.05, 0) is 42.8 Å². The zero-order chi connectivity index (χ0) is 18.8. The molecule has 27 heavy (non-hydrogen) atoms. The van der Waals surface area contributed by atoms with Crippen LogP contribution in [0.25, 0.3) is 21.8 Å². The summed E-state index contributed by atoms with van der Waals surface area (Å²) in [6.07, 6.45) is 1.54. The van der Waals surface area contributed by atoms with Crippen molar-refractivity contribution in [2.45, 2.75) is 19.8 Å². The summed E-state index contributed by atoms with van der Waals surface area (Å²) in [6, 6.07) is 15.6. The maximum Gasteiger partial charge on any atom is 0.227 e. The fourth-order valence-corrected chi connectivity index (χ4v) is 4.03. The Hall–Kier alpha value is -2.99. The van der Waals surface area contributed by atoms with Gasteiger partial charge >= 0.3 is 0 Å². The fourth-order valence-electron chi connectivity index (χ4n) is 3.19. The third-order valence-corrected chi connectivity index (χ3v) is 5.37. The van der Waals surface area contributed by atoms with Gasteiger partial charge in [0, 0.05) is 47.8 Å². The van der Waals surface area contributed by atoms with Crippen LogP contribution in [-0.4, -0.2) is 23.3 Å². The predicted molar refractivity (Wildman–Crippen MR) is 109 cm³/mol. The minimum absolute atomic E-state index is 0.0874. The quantitative estimate of drug-likeness (QED) is 0.725. The lowest BCUT2D eigenvalue weighted by molar-refractivity contribution is -0.117. The maximum atomic E-state index is 12.0. The summed E-state index contributed by atoms with van der Waals surface area (Å²) in [5, 5.41) is 5.71. The van der Waals surface area contributed by atoms with Gasteiger partial charge in [0.1, 0.15) is 5.01 Å². The molecule has 1 aliphatic heterocycles. The van der Waals surface area contributed by atoms with Crippen LogP contribution in [0.2, 0.25) is 0 Å². The summed E-state index contributed by atoms with van der Waals surface area (Å²) in [6.45, 7) is 2.27. The Morgan fingerprint density at radius 3 is 2.67 bits per heavy atom. The predicted octanol–water partition coefficient (Wildman–Crippen LogP) is 4.56. The molecule has 0 aliphatic carbocycles. The van der Waals surface area contributed by atoms with Crippen molar-refractivity contribution in [3.8, 4) is 21.8 Å². The number of anilines is 2. The lowest BCUT2D eigenvalue weighted by Gasteiger charge is -2.16. The highest BCUT2D eigenvalue weighted by Gasteiger charge is 2.22. The molecule has 3 aromatic rings. The van der Waals surface area contributed by atoms with Crippen molar-refractivity contribution in [3.05, 3.63) is 53.9 Å². The van der Waals surface area contributed by atoms with E-state index in [1.54, 1.807) is 11.3 Å². The SMILES string of the molecule is CC(=O)Nc1ccc(-c2nc(-c3cccc(N4CCCC4=O)c3)cs2)cc1. The smallest absolute Gasteiger partial charge is 0.227 e. The van der Waals surface area contributed by atoms with Gasteiger partial charge in [0.05, 0.1) is 5.69 Å². The molecule has 136 valence electrons. The third kappa shape index (κ3) is 3.75. The zero-order valence-corrected chi connectivity index (χ0v) is 15.8. The van der Waals surface area contributed by atoms with Crippen molar-refractivity contribution in [1.29, 1.82) is 0 Å². The molecule has 0 saturated carbocycles. The van der Waals surface area contributed by atoms with Gasteiger partial charge in [-0.3, -0.25) is 9.59 Å². The lowest BCUT2D eigenvalue weighted by Crippen LogP contribution is -2.23. The van der Waals surface area contributed by atoms with Crippen LogP contribution >= 0.6 is 11.3 Å². The second-order valence-electron chi connectivity index (χ2n) is 6.50. The van der Waals surface area contributed by atoms with Gasteiger partial charge in [-0.1, -0.05) is 12.1 Å². The van der Waals surface area contributed by atoms with E-state index in [1.807, 2.05) is 58.8 Å². The summed E-state index contributed by atoms with van der Waals surface area (Å²) in [5.74, 6) is 0.0982. The summed E-state index contributed by atoms with van der Waals surface area (Å²) >= 11 is 1.58. The second kappa shape index (κ2) is 7.32. The number of nitrogens with zero attached hydrogens (tertiary/aromatic N) is 2. The number of amides is 2. The summed E-state index contributed by atoms with van der Waals surface area (Å²) in [5.41, 5.74) is 4.61.